The molecular formula is C18H24N2O3. The lowest BCUT2D eigenvalue weighted by atomic mass is 10.0. The van der Waals surface area contributed by atoms with E-state index in [9.17, 15) is 9.59 Å². The molecule has 5 heteroatoms. The van der Waals surface area contributed by atoms with E-state index < -0.39 is 0 Å². The summed E-state index contributed by atoms with van der Waals surface area (Å²) in [4.78, 5) is 25.8. The van der Waals surface area contributed by atoms with E-state index in [-0.39, 0.29) is 24.3 Å². The van der Waals surface area contributed by atoms with Crippen LogP contribution in [-0.4, -0.2) is 42.5 Å². The minimum atomic E-state index is -0.00400. The summed E-state index contributed by atoms with van der Waals surface area (Å²) in [5.74, 6) is 1.11. The van der Waals surface area contributed by atoms with Crippen LogP contribution in [0.3, 0.4) is 0 Å². The van der Waals surface area contributed by atoms with Gasteiger partial charge in [-0.05, 0) is 44.2 Å². The van der Waals surface area contributed by atoms with Crippen molar-refractivity contribution in [2.24, 2.45) is 5.92 Å². The van der Waals surface area contributed by atoms with Gasteiger partial charge in [0.2, 0.25) is 5.91 Å². The Morgan fingerprint density at radius 1 is 1.22 bits per heavy atom. The highest BCUT2D eigenvalue weighted by atomic mass is 16.5. The predicted molar refractivity (Wildman–Crippen MR) is 87.1 cm³/mol. The molecule has 1 atom stereocenters. The Balaban J connectivity index is 1.39. The Bertz CT molecular complexity index is 566. The van der Waals surface area contributed by atoms with Gasteiger partial charge >= 0.3 is 0 Å². The Hall–Kier alpha value is -2.04. The summed E-state index contributed by atoms with van der Waals surface area (Å²) in [6, 6.07) is 8.08. The zero-order chi connectivity index (χ0) is 16.2. The zero-order valence-corrected chi connectivity index (χ0v) is 13.6. The summed E-state index contributed by atoms with van der Waals surface area (Å²) >= 11 is 0. The number of hydrogen-bond acceptors (Lipinski definition) is 3. The Morgan fingerprint density at radius 3 is 2.65 bits per heavy atom. The summed E-state index contributed by atoms with van der Waals surface area (Å²) in [6.45, 7) is 3.45. The molecule has 1 aliphatic heterocycles. The Labute approximate surface area is 137 Å². The Morgan fingerprint density at radius 2 is 1.96 bits per heavy atom. The molecule has 3 rings (SSSR count). The second-order valence-corrected chi connectivity index (χ2v) is 6.64. The fraction of sp³-hybridized carbons (Fsp3) is 0.556. The van der Waals surface area contributed by atoms with Crippen molar-refractivity contribution in [2.75, 3.05) is 19.7 Å². The van der Waals surface area contributed by atoms with Crippen LogP contribution in [0, 0.1) is 12.8 Å². The summed E-state index contributed by atoms with van der Waals surface area (Å²) in [7, 11) is 0. The summed E-state index contributed by atoms with van der Waals surface area (Å²) in [5, 5.41) is 3.01. The topological polar surface area (TPSA) is 58.6 Å². The van der Waals surface area contributed by atoms with Gasteiger partial charge in [-0.1, -0.05) is 17.7 Å². The molecule has 1 saturated carbocycles. The van der Waals surface area contributed by atoms with Gasteiger partial charge in [0.15, 0.2) is 6.61 Å². The number of carbonyl (C=O) groups excluding carboxylic acids is 2. The van der Waals surface area contributed by atoms with Gasteiger partial charge in [0, 0.05) is 25.6 Å². The van der Waals surface area contributed by atoms with E-state index in [0.29, 0.717) is 24.8 Å². The van der Waals surface area contributed by atoms with E-state index >= 15 is 0 Å². The van der Waals surface area contributed by atoms with Crippen molar-refractivity contribution in [3.8, 4) is 5.75 Å². The molecule has 23 heavy (non-hydrogen) atoms. The molecule has 1 aromatic carbocycles. The molecular weight excluding hydrogens is 292 g/mol. The number of rotatable bonds is 6. The first kappa shape index (κ1) is 15.8. The van der Waals surface area contributed by atoms with Crippen LogP contribution in [0.4, 0.5) is 0 Å². The minimum Gasteiger partial charge on any atom is -0.484 e. The number of aryl methyl sites for hydroxylation is 1. The lowest BCUT2D eigenvalue weighted by Gasteiger charge is -2.17. The summed E-state index contributed by atoms with van der Waals surface area (Å²) < 4.78 is 5.54. The number of benzene rings is 1. The first-order valence-corrected chi connectivity index (χ1v) is 8.37. The molecule has 1 saturated heterocycles. The van der Waals surface area contributed by atoms with Gasteiger partial charge in [-0.3, -0.25) is 9.59 Å². The van der Waals surface area contributed by atoms with E-state index in [0.717, 1.165) is 31.4 Å². The van der Waals surface area contributed by atoms with E-state index in [1.807, 2.05) is 36.1 Å². The van der Waals surface area contributed by atoms with E-state index in [1.54, 1.807) is 0 Å². The van der Waals surface area contributed by atoms with Crippen molar-refractivity contribution in [1.29, 1.82) is 0 Å². The third kappa shape index (κ3) is 4.71. The van der Waals surface area contributed by atoms with Crippen molar-refractivity contribution in [3.05, 3.63) is 29.8 Å². The van der Waals surface area contributed by atoms with Crippen molar-refractivity contribution >= 4 is 11.8 Å². The fourth-order valence-corrected chi connectivity index (χ4v) is 2.87. The van der Waals surface area contributed by atoms with Crippen LogP contribution < -0.4 is 10.1 Å². The average Bonchev–Trinajstić information content (AvgIpc) is 3.21. The third-order valence-corrected chi connectivity index (χ3v) is 4.44. The molecule has 0 spiro atoms. The molecule has 1 aliphatic carbocycles. The number of nitrogens with zero attached hydrogens (tertiary/aromatic N) is 1. The number of nitrogens with one attached hydrogen (secondary N) is 1. The quantitative estimate of drug-likeness (QED) is 0.872. The van der Waals surface area contributed by atoms with Crippen LogP contribution in [0.25, 0.3) is 0 Å². The van der Waals surface area contributed by atoms with Crippen LogP contribution in [0.2, 0.25) is 0 Å². The molecule has 0 aromatic heterocycles. The van der Waals surface area contributed by atoms with Gasteiger partial charge in [0.1, 0.15) is 5.75 Å². The third-order valence-electron chi connectivity index (χ3n) is 4.44. The van der Waals surface area contributed by atoms with Gasteiger partial charge in [-0.2, -0.15) is 0 Å². The molecule has 0 bridgehead atoms. The number of ether oxygens (including phenoxy) is 1. The number of carbonyl (C=O) groups is 2. The van der Waals surface area contributed by atoms with Crippen molar-refractivity contribution in [3.63, 3.8) is 0 Å². The summed E-state index contributed by atoms with van der Waals surface area (Å²) in [5.41, 5.74) is 1.16. The van der Waals surface area contributed by atoms with Crippen molar-refractivity contribution < 1.29 is 14.3 Å². The van der Waals surface area contributed by atoms with Crippen LogP contribution >= 0.6 is 0 Å². The van der Waals surface area contributed by atoms with E-state index in [4.69, 9.17) is 4.74 Å². The molecule has 0 radical (unpaired) electrons. The van der Waals surface area contributed by atoms with Gasteiger partial charge in [0.25, 0.3) is 5.91 Å². The lowest BCUT2D eigenvalue weighted by Crippen LogP contribution is -2.34. The van der Waals surface area contributed by atoms with Crippen LogP contribution in [0.1, 0.15) is 31.2 Å². The highest BCUT2D eigenvalue weighted by Crippen LogP contribution is 2.22. The molecule has 1 aromatic rings. The van der Waals surface area contributed by atoms with Gasteiger partial charge < -0.3 is 15.0 Å². The molecule has 1 heterocycles. The number of likely N-dealkylation sites (tertiary alicyclic amines) is 1. The smallest absolute Gasteiger partial charge is 0.260 e. The second kappa shape index (κ2) is 7.02. The van der Waals surface area contributed by atoms with Crippen LogP contribution in [-0.2, 0) is 9.59 Å². The van der Waals surface area contributed by atoms with Gasteiger partial charge in [-0.15, -0.1) is 0 Å². The largest absolute Gasteiger partial charge is 0.484 e. The number of hydrogen-bond donors (Lipinski definition) is 1. The van der Waals surface area contributed by atoms with Crippen LogP contribution in [0.15, 0.2) is 24.3 Å². The molecule has 2 amide bonds. The normalized spacial score (nSPS) is 20.4. The lowest BCUT2D eigenvalue weighted by molar-refractivity contribution is -0.132. The maximum absolute atomic E-state index is 12.2. The minimum absolute atomic E-state index is 0.00400. The van der Waals surface area contributed by atoms with Crippen LogP contribution in [0.5, 0.6) is 5.75 Å². The molecule has 2 fully saturated rings. The van der Waals surface area contributed by atoms with E-state index in [2.05, 4.69) is 5.32 Å². The highest BCUT2D eigenvalue weighted by Gasteiger charge is 2.30. The molecule has 1 N–H and O–H groups in total. The zero-order valence-electron chi connectivity index (χ0n) is 13.6. The molecule has 5 nitrogen and oxygen atoms in total. The molecule has 1 unspecified atom stereocenters. The first-order valence-electron chi connectivity index (χ1n) is 8.37. The average molecular weight is 316 g/mol. The standard InChI is InChI=1S/C18H24N2O3/c1-13-2-6-16(7-3-13)23-12-18(22)20-9-8-14(11-20)10-17(21)19-15-4-5-15/h2-3,6-7,14-15H,4-5,8-12H2,1H3,(H,19,21). The maximum atomic E-state index is 12.2. The second-order valence-electron chi connectivity index (χ2n) is 6.64. The van der Waals surface area contributed by atoms with Crippen molar-refractivity contribution in [2.45, 2.75) is 38.6 Å². The predicted octanol–water partition coefficient (Wildman–Crippen LogP) is 1.89. The first-order chi connectivity index (χ1) is 11.1. The fourth-order valence-electron chi connectivity index (χ4n) is 2.87. The molecule has 2 aliphatic rings. The van der Waals surface area contributed by atoms with Gasteiger partial charge in [0.05, 0.1) is 0 Å². The summed E-state index contributed by atoms with van der Waals surface area (Å²) in [6.07, 6.45) is 3.64. The number of amides is 2. The van der Waals surface area contributed by atoms with Gasteiger partial charge in [-0.25, -0.2) is 0 Å². The maximum Gasteiger partial charge on any atom is 0.260 e. The highest BCUT2D eigenvalue weighted by molar-refractivity contribution is 5.79. The molecule has 124 valence electrons. The van der Waals surface area contributed by atoms with E-state index in [1.165, 1.54) is 0 Å². The monoisotopic (exact) mass is 316 g/mol. The Kier molecular flexibility index (Phi) is 4.84. The van der Waals surface area contributed by atoms with Crippen molar-refractivity contribution in [1.82, 2.24) is 10.2 Å². The SMILES string of the molecule is Cc1ccc(OCC(=O)N2CCC(CC(=O)NC3CC3)C2)cc1.